The second-order valence-corrected chi connectivity index (χ2v) is 7.07. The summed E-state index contributed by atoms with van der Waals surface area (Å²) in [5, 5.41) is 9.72. The van der Waals surface area contributed by atoms with Crippen molar-refractivity contribution in [2.24, 2.45) is 5.73 Å². The zero-order valence-corrected chi connectivity index (χ0v) is 15.4. The fourth-order valence-electron chi connectivity index (χ4n) is 2.55. The molecule has 0 spiro atoms. The summed E-state index contributed by atoms with van der Waals surface area (Å²) in [4.78, 5) is 19.5. The first kappa shape index (κ1) is 18.9. The van der Waals surface area contributed by atoms with E-state index < -0.39 is 12.0 Å². The van der Waals surface area contributed by atoms with Gasteiger partial charge in [-0.05, 0) is 23.6 Å². The number of hydrogen-bond donors (Lipinski definition) is 3. The number of nitrogen functional groups attached to an aromatic ring is 1. The minimum absolute atomic E-state index is 0.222. The molecule has 3 rings (SSSR count). The van der Waals surface area contributed by atoms with Gasteiger partial charge in [-0.2, -0.15) is 0 Å². The van der Waals surface area contributed by atoms with E-state index in [9.17, 15) is 4.79 Å². The molecule has 0 amide bonds. The smallest absolute Gasteiger partial charge is 0.320 e. The number of hydrogen-bond acceptors (Lipinski definition) is 6. The molecule has 0 aliphatic rings. The molecular formula is C20H20N4O2S. The van der Waals surface area contributed by atoms with Gasteiger partial charge in [-0.25, -0.2) is 9.97 Å². The highest BCUT2D eigenvalue weighted by molar-refractivity contribution is 7.98. The van der Waals surface area contributed by atoms with Crippen molar-refractivity contribution in [1.29, 1.82) is 0 Å². The summed E-state index contributed by atoms with van der Waals surface area (Å²) in [7, 11) is 0. The van der Waals surface area contributed by atoms with Crippen LogP contribution < -0.4 is 11.5 Å². The van der Waals surface area contributed by atoms with Crippen LogP contribution in [0.1, 0.15) is 11.1 Å². The lowest BCUT2D eigenvalue weighted by Gasteiger charge is -2.09. The average Bonchev–Trinajstić information content (AvgIpc) is 2.67. The van der Waals surface area contributed by atoms with Gasteiger partial charge in [-0.1, -0.05) is 54.6 Å². The van der Waals surface area contributed by atoms with Crippen LogP contribution in [0.4, 0.5) is 5.95 Å². The second kappa shape index (κ2) is 8.66. The monoisotopic (exact) mass is 380 g/mol. The average molecular weight is 380 g/mol. The first-order chi connectivity index (χ1) is 13.0. The van der Waals surface area contributed by atoms with Gasteiger partial charge >= 0.3 is 5.97 Å². The molecule has 0 bridgehead atoms. The van der Waals surface area contributed by atoms with E-state index in [2.05, 4.69) is 22.1 Å². The Kier molecular flexibility index (Phi) is 6.05. The molecule has 6 nitrogen and oxygen atoms in total. The number of carbonyl (C=O) groups is 1. The summed E-state index contributed by atoms with van der Waals surface area (Å²) < 4.78 is 0. The Morgan fingerprint density at radius 2 is 1.74 bits per heavy atom. The van der Waals surface area contributed by atoms with E-state index in [1.54, 1.807) is 11.8 Å². The van der Waals surface area contributed by atoms with Crippen molar-refractivity contribution in [2.45, 2.75) is 23.2 Å². The number of carboxylic acid groups (broad SMARTS) is 1. The van der Waals surface area contributed by atoms with E-state index >= 15 is 0 Å². The number of anilines is 1. The predicted octanol–water partition coefficient (Wildman–Crippen LogP) is 2.97. The van der Waals surface area contributed by atoms with Gasteiger partial charge in [0.15, 0.2) is 0 Å². The molecule has 3 aromatic rings. The number of aliphatic carboxylic acids is 1. The highest BCUT2D eigenvalue weighted by atomic mass is 32.2. The highest BCUT2D eigenvalue weighted by Crippen LogP contribution is 2.26. The molecule has 2 aromatic carbocycles. The standard InChI is InChI=1S/C20H20N4O2S/c21-16(19(25)26)10-13-6-8-15(9-7-13)17-11-18(24-20(22)23-17)27-12-14-4-2-1-3-5-14/h1-9,11,16H,10,12,21H2,(H,25,26)(H2,22,23,24)/t16-/m0/s1. The van der Waals surface area contributed by atoms with Crippen LogP contribution in [0.15, 0.2) is 65.7 Å². The van der Waals surface area contributed by atoms with Crippen molar-refractivity contribution in [2.75, 3.05) is 5.73 Å². The summed E-state index contributed by atoms with van der Waals surface area (Å²) in [6, 6.07) is 18.6. The third-order valence-corrected chi connectivity index (χ3v) is 4.95. The van der Waals surface area contributed by atoms with Crippen molar-refractivity contribution in [3.05, 3.63) is 71.8 Å². The summed E-state index contributed by atoms with van der Waals surface area (Å²) in [6.45, 7) is 0. The molecule has 0 unspecified atom stereocenters. The van der Waals surface area contributed by atoms with Gasteiger partial charge in [0.05, 0.1) is 5.69 Å². The minimum atomic E-state index is -1.01. The molecule has 0 aliphatic carbocycles. The van der Waals surface area contributed by atoms with Crippen LogP contribution in [-0.2, 0) is 17.0 Å². The molecule has 27 heavy (non-hydrogen) atoms. The maximum atomic E-state index is 10.9. The largest absolute Gasteiger partial charge is 0.480 e. The lowest BCUT2D eigenvalue weighted by molar-refractivity contribution is -0.138. The number of nitrogens with two attached hydrogens (primary N) is 2. The predicted molar refractivity (Wildman–Crippen MR) is 107 cm³/mol. The topological polar surface area (TPSA) is 115 Å². The number of aromatic nitrogens is 2. The molecule has 0 radical (unpaired) electrons. The fourth-order valence-corrected chi connectivity index (χ4v) is 3.41. The summed E-state index contributed by atoms with van der Waals surface area (Å²) >= 11 is 1.60. The Balaban J connectivity index is 1.74. The quantitative estimate of drug-likeness (QED) is 0.426. The Bertz CT molecular complexity index is 917. The molecule has 1 aromatic heterocycles. The van der Waals surface area contributed by atoms with Crippen LogP contribution in [-0.4, -0.2) is 27.1 Å². The molecule has 0 saturated heterocycles. The molecule has 1 heterocycles. The van der Waals surface area contributed by atoms with E-state index in [4.69, 9.17) is 16.6 Å². The van der Waals surface area contributed by atoms with Crippen molar-refractivity contribution in [3.8, 4) is 11.3 Å². The second-order valence-electron chi connectivity index (χ2n) is 6.07. The van der Waals surface area contributed by atoms with Gasteiger partial charge < -0.3 is 16.6 Å². The Hall–Kier alpha value is -2.90. The molecule has 1 atom stereocenters. The van der Waals surface area contributed by atoms with E-state index in [0.29, 0.717) is 0 Å². The molecule has 0 saturated carbocycles. The third kappa shape index (κ3) is 5.29. The third-order valence-electron chi connectivity index (χ3n) is 3.97. The Morgan fingerprint density at radius 1 is 1.04 bits per heavy atom. The molecule has 0 fully saturated rings. The highest BCUT2D eigenvalue weighted by Gasteiger charge is 2.12. The zero-order valence-electron chi connectivity index (χ0n) is 14.6. The number of rotatable bonds is 7. The van der Waals surface area contributed by atoms with Gasteiger partial charge in [-0.15, -0.1) is 11.8 Å². The van der Waals surface area contributed by atoms with Crippen LogP contribution in [0.2, 0.25) is 0 Å². The number of nitrogens with zero attached hydrogens (tertiary/aromatic N) is 2. The number of carboxylic acids is 1. The Morgan fingerprint density at radius 3 is 2.41 bits per heavy atom. The molecular weight excluding hydrogens is 360 g/mol. The Labute approximate surface area is 161 Å². The first-order valence-corrected chi connectivity index (χ1v) is 9.39. The van der Waals surface area contributed by atoms with Crippen LogP contribution in [0, 0.1) is 0 Å². The summed E-state index contributed by atoms with van der Waals surface area (Å²) in [6.07, 6.45) is 0.277. The fraction of sp³-hybridized carbons (Fsp3) is 0.150. The van der Waals surface area contributed by atoms with E-state index in [1.807, 2.05) is 48.5 Å². The van der Waals surface area contributed by atoms with Crippen molar-refractivity contribution >= 4 is 23.7 Å². The molecule has 7 heteroatoms. The van der Waals surface area contributed by atoms with E-state index in [1.165, 1.54) is 5.56 Å². The van der Waals surface area contributed by atoms with Gasteiger partial charge in [0.2, 0.25) is 5.95 Å². The number of benzene rings is 2. The van der Waals surface area contributed by atoms with Crippen LogP contribution >= 0.6 is 11.8 Å². The van der Waals surface area contributed by atoms with Crippen LogP contribution in [0.5, 0.6) is 0 Å². The van der Waals surface area contributed by atoms with Gasteiger partial charge in [-0.3, -0.25) is 4.79 Å². The maximum Gasteiger partial charge on any atom is 0.320 e. The summed E-state index contributed by atoms with van der Waals surface area (Å²) in [5.74, 6) is 0.00529. The van der Waals surface area contributed by atoms with Gasteiger partial charge in [0.1, 0.15) is 11.1 Å². The van der Waals surface area contributed by atoms with Crippen molar-refractivity contribution in [1.82, 2.24) is 9.97 Å². The van der Waals surface area contributed by atoms with E-state index in [0.717, 1.165) is 27.6 Å². The number of thioether (sulfide) groups is 1. The summed E-state index contributed by atoms with van der Waals surface area (Å²) in [5.41, 5.74) is 15.1. The van der Waals surface area contributed by atoms with Gasteiger partial charge in [0.25, 0.3) is 0 Å². The molecule has 0 aliphatic heterocycles. The SMILES string of the molecule is Nc1nc(SCc2ccccc2)cc(-c2ccc(C[C@H](N)C(=O)O)cc2)n1. The molecule has 5 N–H and O–H groups in total. The normalized spacial score (nSPS) is 11.9. The molecule has 138 valence electrons. The van der Waals surface area contributed by atoms with Gasteiger partial charge in [0, 0.05) is 11.3 Å². The lowest BCUT2D eigenvalue weighted by Crippen LogP contribution is -2.32. The zero-order chi connectivity index (χ0) is 19.2. The van der Waals surface area contributed by atoms with Crippen molar-refractivity contribution < 1.29 is 9.90 Å². The van der Waals surface area contributed by atoms with Crippen LogP contribution in [0.3, 0.4) is 0 Å². The minimum Gasteiger partial charge on any atom is -0.480 e. The maximum absolute atomic E-state index is 10.9. The first-order valence-electron chi connectivity index (χ1n) is 8.40. The van der Waals surface area contributed by atoms with E-state index in [-0.39, 0.29) is 12.4 Å². The lowest BCUT2D eigenvalue weighted by atomic mass is 10.0. The van der Waals surface area contributed by atoms with Crippen molar-refractivity contribution in [3.63, 3.8) is 0 Å². The van der Waals surface area contributed by atoms with Crippen LogP contribution in [0.25, 0.3) is 11.3 Å².